The molecule has 0 aliphatic rings. The van der Waals surface area contributed by atoms with Gasteiger partial charge < -0.3 is 15.6 Å². The van der Waals surface area contributed by atoms with Gasteiger partial charge in [0.25, 0.3) is 0 Å². The Hall–Kier alpha value is -0.320. The fourth-order valence-corrected chi connectivity index (χ4v) is 1.34. The van der Waals surface area contributed by atoms with Crippen molar-refractivity contribution in [1.82, 2.24) is 15.6 Å². The highest BCUT2D eigenvalue weighted by Gasteiger charge is 1.94. The average Bonchev–Trinajstić information content (AvgIpc) is 2.45. The first-order valence-electron chi connectivity index (χ1n) is 4.01. The monoisotopic (exact) mass is 231 g/mol. The van der Waals surface area contributed by atoms with Crippen LogP contribution in [0.3, 0.4) is 0 Å². The molecule has 0 spiro atoms. The van der Waals surface area contributed by atoms with Crippen molar-refractivity contribution < 1.29 is 0 Å². The van der Waals surface area contributed by atoms with Gasteiger partial charge >= 0.3 is 0 Å². The van der Waals surface area contributed by atoms with Crippen molar-refractivity contribution in [2.75, 3.05) is 20.1 Å². The van der Waals surface area contributed by atoms with E-state index in [0.29, 0.717) is 0 Å². The molecular formula is C8H14BrN3. The van der Waals surface area contributed by atoms with Crippen LogP contribution < -0.4 is 10.6 Å². The van der Waals surface area contributed by atoms with Crippen LogP contribution in [0, 0.1) is 0 Å². The zero-order valence-electron chi connectivity index (χ0n) is 7.15. The molecule has 68 valence electrons. The molecule has 0 amide bonds. The van der Waals surface area contributed by atoms with E-state index in [-0.39, 0.29) is 0 Å². The van der Waals surface area contributed by atoms with Crippen LogP contribution in [0.25, 0.3) is 0 Å². The molecule has 0 aliphatic carbocycles. The summed E-state index contributed by atoms with van der Waals surface area (Å²) in [6.45, 7) is 2.89. The number of halogens is 1. The van der Waals surface area contributed by atoms with Gasteiger partial charge in [-0.2, -0.15) is 0 Å². The van der Waals surface area contributed by atoms with Gasteiger partial charge in [-0.1, -0.05) is 0 Å². The summed E-state index contributed by atoms with van der Waals surface area (Å²) in [5.41, 5.74) is 1.21. The highest BCUT2D eigenvalue weighted by molar-refractivity contribution is 9.10. The predicted octanol–water partition coefficient (Wildman–Crippen LogP) is 1.09. The van der Waals surface area contributed by atoms with Gasteiger partial charge in [0.2, 0.25) is 0 Å². The van der Waals surface area contributed by atoms with E-state index in [1.807, 2.05) is 13.2 Å². The lowest BCUT2D eigenvalue weighted by molar-refractivity contribution is 0.644. The van der Waals surface area contributed by atoms with Crippen LogP contribution in [0.1, 0.15) is 5.69 Å². The van der Waals surface area contributed by atoms with E-state index in [2.05, 4.69) is 37.6 Å². The normalized spacial score (nSPS) is 10.5. The van der Waals surface area contributed by atoms with E-state index in [1.165, 1.54) is 5.69 Å². The minimum Gasteiger partial charge on any atom is -0.363 e. The third kappa shape index (κ3) is 3.38. The Morgan fingerprint density at radius 2 is 2.33 bits per heavy atom. The maximum Gasteiger partial charge on any atom is 0.0358 e. The standard InChI is InChI=1S/C8H14BrN3/c1-10-2-3-11-6-8-4-7(9)5-12-8/h4-5,10-12H,2-3,6H2,1H3. The molecule has 0 aliphatic heterocycles. The fraction of sp³-hybridized carbons (Fsp3) is 0.500. The van der Waals surface area contributed by atoms with Crippen molar-refractivity contribution in [2.45, 2.75) is 6.54 Å². The number of rotatable bonds is 5. The second-order valence-electron chi connectivity index (χ2n) is 2.62. The molecule has 0 saturated heterocycles. The Kier molecular flexibility index (Phi) is 4.35. The maximum atomic E-state index is 3.38. The minimum absolute atomic E-state index is 0.896. The van der Waals surface area contributed by atoms with Gasteiger partial charge in [0.1, 0.15) is 0 Å². The summed E-state index contributed by atoms with van der Waals surface area (Å²) in [5, 5.41) is 6.38. The summed E-state index contributed by atoms with van der Waals surface area (Å²) in [6, 6.07) is 2.08. The summed E-state index contributed by atoms with van der Waals surface area (Å²) in [7, 11) is 1.95. The van der Waals surface area contributed by atoms with Crippen LogP contribution in [-0.2, 0) is 6.54 Å². The maximum absolute atomic E-state index is 3.38. The Labute approximate surface area is 81.1 Å². The zero-order chi connectivity index (χ0) is 8.81. The Bertz CT molecular complexity index is 222. The van der Waals surface area contributed by atoms with Crippen molar-refractivity contribution in [3.05, 3.63) is 22.4 Å². The van der Waals surface area contributed by atoms with Crippen molar-refractivity contribution in [1.29, 1.82) is 0 Å². The number of aromatic nitrogens is 1. The average molecular weight is 232 g/mol. The first kappa shape index (κ1) is 9.77. The van der Waals surface area contributed by atoms with Crippen LogP contribution in [0.4, 0.5) is 0 Å². The van der Waals surface area contributed by atoms with Gasteiger partial charge in [-0.25, -0.2) is 0 Å². The number of H-pyrrole nitrogens is 1. The van der Waals surface area contributed by atoms with Crippen molar-refractivity contribution >= 4 is 15.9 Å². The van der Waals surface area contributed by atoms with E-state index in [9.17, 15) is 0 Å². The minimum atomic E-state index is 0.896. The summed E-state index contributed by atoms with van der Waals surface area (Å²) < 4.78 is 1.10. The molecule has 0 unspecified atom stereocenters. The lowest BCUT2D eigenvalue weighted by atomic mass is 10.4. The molecule has 0 atom stereocenters. The molecule has 0 bridgehead atoms. The molecule has 1 aromatic rings. The SMILES string of the molecule is CNCCNCc1cc(Br)c[nH]1. The Balaban J connectivity index is 2.15. The van der Waals surface area contributed by atoms with Gasteiger partial charge in [-0.3, -0.25) is 0 Å². The van der Waals surface area contributed by atoms with E-state index in [0.717, 1.165) is 24.1 Å². The highest BCUT2D eigenvalue weighted by atomic mass is 79.9. The highest BCUT2D eigenvalue weighted by Crippen LogP contribution is 2.09. The van der Waals surface area contributed by atoms with E-state index in [1.54, 1.807) is 0 Å². The van der Waals surface area contributed by atoms with Crippen LogP contribution in [-0.4, -0.2) is 25.1 Å². The third-order valence-corrected chi connectivity index (χ3v) is 2.03. The van der Waals surface area contributed by atoms with E-state index >= 15 is 0 Å². The first-order valence-corrected chi connectivity index (χ1v) is 4.80. The molecular weight excluding hydrogens is 218 g/mol. The Morgan fingerprint density at radius 3 is 2.92 bits per heavy atom. The molecule has 0 fully saturated rings. The number of hydrogen-bond donors (Lipinski definition) is 3. The summed E-state index contributed by atoms with van der Waals surface area (Å²) in [5.74, 6) is 0. The molecule has 1 aromatic heterocycles. The van der Waals surface area contributed by atoms with E-state index < -0.39 is 0 Å². The predicted molar refractivity (Wildman–Crippen MR) is 54.1 cm³/mol. The summed E-state index contributed by atoms with van der Waals surface area (Å²) in [4.78, 5) is 3.15. The van der Waals surface area contributed by atoms with Crippen LogP contribution in [0.15, 0.2) is 16.7 Å². The molecule has 0 aromatic carbocycles. The van der Waals surface area contributed by atoms with Crippen molar-refractivity contribution in [3.63, 3.8) is 0 Å². The van der Waals surface area contributed by atoms with Crippen LogP contribution in [0.2, 0.25) is 0 Å². The molecule has 3 N–H and O–H groups in total. The first-order chi connectivity index (χ1) is 5.83. The summed E-state index contributed by atoms with van der Waals surface area (Å²) in [6.07, 6.45) is 1.94. The van der Waals surface area contributed by atoms with Crippen molar-refractivity contribution in [3.8, 4) is 0 Å². The molecule has 12 heavy (non-hydrogen) atoms. The van der Waals surface area contributed by atoms with Gasteiger partial charge in [-0.15, -0.1) is 0 Å². The molecule has 4 heteroatoms. The van der Waals surface area contributed by atoms with Gasteiger partial charge in [-0.05, 0) is 29.0 Å². The number of likely N-dealkylation sites (N-methyl/N-ethyl adjacent to an activating group) is 1. The van der Waals surface area contributed by atoms with Gasteiger partial charge in [0.15, 0.2) is 0 Å². The van der Waals surface area contributed by atoms with Crippen LogP contribution >= 0.6 is 15.9 Å². The quantitative estimate of drug-likeness (QED) is 0.665. The Morgan fingerprint density at radius 1 is 1.50 bits per heavy atom. The number of hydrogen-bond acceptors (Lipinski definition) is 2. The molecule has 0 radical (unpaired) electrons. The van der Waals surface area contributed by atoms with Gasteiger partial charge in [0.05, 0.1) is 0 Å². The second-order valence-corrected chi connectivity index (χ2v) is 3.54. The number of nitrogens with one attached hydrogen (secondary N) is 3. The second kappa shape index (κ2) is 5.35. The lowest BCUT2D eigenvalue weighted by Gasteiger charge is -2.01. The topological polar surface area (TPSA) is 39.8 Å². The molecule has 0 saturated carbocycles. The number of aromatic amines is 1. The van der Waals surface area contributed by atoms with Crippen LogP contribution in [0.5, 0.6) is 0 Å². The lowest BCUT2D eigenvalue weighted by Crippen LogP contribution is -2.24. The third-order valence-electron chi connectivity index (χ3n) is 1.57. The summed E-state index contributed by atoms with van der Waals surface area (Å²) >= 11 is 3.38. The molecule has 1 rings (SSSR count). The molecule has 1 heterocycles. The molecule has 3 nitrogen and oxygen atoms in total. The van der Waals surface area contributed by atoms with Crippen molar-refractivity contribution in [2.24, 2.45) is 0 Å². The largest absolute Gasteiger partial charge is 0.363 e. The zero-order valence-corrected chi connectivity index (χ0v) is 8.74. The smallest absolute Gasteiger partial charge is 0.0358 e. The fourth-order valence-electron chi connectivity index (χ4n) is 0.950. The van der Waals surface area contributed by atoms with Gasteiger partial charge in [0, 0.05) is 36.0 Å². The van der Waals surface area contributed by atoms with E-state index in [4.69, 9.17) is 0 Å².